The third-order valence-electron chi connectivity index (χ3n) is 4.48. The molecule has 0 atom stereocenters. The molecule has 1 saturated heterocycles. The van der Waals surface area contributed by atoms with Crippen LogP contribution in [0.5, 0.6) is 0 Å². The van der Waals surface area contributed by atoms with Crippen molar-refractivity contribution in [3.8, 4) is 0 Å². The first kappa shape index (κ1) is 17.0. The van der Waals surface area contributed by atoms with Crippen molar-refractivity contribution in [2.45, 2.75) is 19.3 Å². The molecule has 0 spiro atoms. The summed E-state index contributed by atoms with van der Waals surface area (Å²) in [6, 6.07) is 13.2. The Balaban J connectivity index is 1.49. The second-order valence-corrected chi connectivity index (χ2v) is 6.22. The lowest BCUT2D eigenvalue weighted by Crippen LogP contribution is -2.37. The zero-order valence-corrected chi connectivity index (χ0v) is 13.8. The van der Waals surface area contributed by atoms with Crippen molar-refractivity contribution < 1.29 is 14.1 Å². The van der Waals surface area contributed by atoms with Crippen LogP contribution < -0.4 is 0 Å². The van der Waals surface area contributed by atoms with E-state index in [9.17, 15) is 14.9 Å². The van der Waals surface area contributed by atoms with Gasteiger partial charge >= 0.3 is 5.88 Å². The molecule has 1 amide bonds. The number of amides is 1. The maximum atomic E-state index is 12.2. The Kier molecular flexibility index (Phi) is 5.28. The van der Waals surface area contributed by atoms with Gasteiger partial charge in [-0.1, -0.05) is 30.3 Å². The summed E-state index contributed by atoms with van der Waals surface area (Å²) in [5.41, 5.74) is 1.34. The van der Waals surface area contributed by atoms with Crippen LogP contribution in [0.3, 0.4) is 0 Å². The highest BCUT2D eigenvalue weighted by molar-refractivity contribution is 5.91. The Morgan fingerprint density at radius 3 is 2.56 bits per heavy atom. The number of nitrogens with zero attached hydrogens (tertiary/aromatic N) is 2. The largest absolute Gasteiger partial charge is 0.433 e. The van der Waals surface area contributed by atoms with Gasteiger partial charge in [0, 0.05) is 19.2 Å². The lowest BCUT2D eigenvalue weighted by Gasteiger charge is -2.31. The molecule has 2 aromatic rings. The molecule has 130 valence electrons. The van der Waals surface area contributed by atoms with Crippen LogP contribution >= 0.6 is 0 Å². The number of nitro groups is 1. The number of piperidine rings is 1. The summed E-state index contributed by atoms with van der Waals surface area (Å²) in [5.74, 6) is 0.494. The number of benzene rings is 1. The summed E-state index contributed by atoms with van der Waals surface area (Å²) >= 11 is 0. The van der Waals surface area contributed by atoms with Gasteiger partial charge in [0.05, 0.1) is 6.07 Å². The number of carbonyl (C=O) groups is 1. The monoisotopic (exact) mass is 340 g/mol. The van der Waals surface area contributed by atoms with E-state index in [-0.39, 0.29) is 11.8 Å². The number of carbonyl (C=O) groups excluding carboxylic acids is 1. The molecular weight excluding hydrogens is 320 g/mol. The van der Waals surface area contributed by atoms with Gasteiger partial charge in [-0.3, -0.25) is 14.9 Å². The van der Waals surface area contributed by atoms with E-state index in [1.54, 1.807) is 0 Å². The number of hydrogen-bond acceptors (Lipinski definition) is 4. The fourth-order valence-corrected chi connectivity index (χ4v) is 3.09. The van der Waals surface area contributed by atoms with E-state index in [1.807, 2.05) is 11.0 Å². The zero-order valence-electron chi connectivity index (χ0n) is 13.8. The van der Waals surface area contributed by atoms with Crippen molar-refractivity contribution in [3.63, 3.8) is 0 Å². The molecule has 3 rings (SSSR count). The van der Waals surface area contributed by atoms with Crippen LogP contribution in [0.15, 0.2) is 53.0 Å². The molecule has 1 fully saturated rings. The molecule has 1 aliphatic heterocycles. The minimum absolute atomic E-state index is 0.0859. The standard InChI is InChI=1S/C19H20N2O4/c22-18(8-6-17-7-9-19(25-17)21(23)24)20-12-10-16(11-13-20)14-15-4-2-1-3-5-15/h1-9,16H,10-14H2/b8-6+. The molecule has 0 saturated carbocycles. The normalized spacial score (nSPS) is 15.6. The average Bonchev–Trinajstić information content (AvgIpc) is 3.11. The van der Waals surface area contributed by atoms with Crippen LogP contribution in [0.2, 0.25) is 0 Å². The second kappa shape index (κ2) is 7.79. The molecule has 0 bridgehead atoms. The molecule has 0 unspecified atom stereocenters. The van der Waals surface area contributed by atoms with Crippen LogP contribution in [-0.4, -0.2) is 28.8 Å². The molecule has 1 aliphatic rings. The molecule has 0 N–H and O–H groups in total. The van der Waals surface area contributed by atoms with Crippen molar-refractivity contribution >= 4 is 17.9 Å². The minimum atomic E-state index is -0.601. The van der Waals surface area contributed by atoms with Gasteiger partial charge in [0.1, 0.15) is 10.7 Å². The summed E-state index contributed by atoms with van der Waals surface area (Å²) in [6.45, 7) is 1.47. The van der Waals surface area contributed by atoms with Gasteiger partial charge < -0.3 is 9.32 Å². The maximum Gasteiger partial charge on any atom is 0.433 e. The van der Waals surface area contributed by atoms with E-state index in [0.29, 0.717) is 11.7 Å². The van der Waals surface area contributed by atoms with Gasteiger partial charge in [0.2, 0.25) is 5.91 Å². The zero-order chi connectivity index (χ0) is 17.6. The number of furan rings is 1. The molecule has 0 radical (unpaired) electrons. The number of rotatable bonds is 5. The van der Waals surface area contributed by atoms with Crippen LogP contribution in [-0.2, 0) is 11.2 Å². The van der Waals surface area contributed by atoms with E-state index in [1.165, 1.54) is 29.8 Å². The molecular formula is C19H20N2O4. The molecule has 1 aromatic carbocycles. The van der Waals surface area contributed by atoms with Gasteiger partial charge in [0.15, 0.2) is 0 Å². The van der Waals surface area contributed by atoms with E-state index >= 15 is 0 Å². The Hall–Kier alpha value is -2.89. The lowest BCUT2D eigenvalue weighted by molar-refractivity contribution is -0.402. The van der Waals surface area contributed by atoms with E-state index in [2.05, 4.69) is 24.3 Å². The Labute approximate surface area is 145 Å². The highest BCUT2D eigenvalue weighted by Crippen LogP contribution is 2.22. The van der Waals surface area contributed by atoms with Gasteiger partial charge in [-0.15, -0.1) is 0 Å². The molecule has 2 heterocycles. The van der Waals surface area contributed by atoms with E-state index in [0.717, 1.165) is 32.4 Å². The Morgan fingerprint density at radius 1 is 1.20 bits per heavy atom. The predicted molar refractivity (Wildman–Crippen MR) is 93.8 cm³/mol. The molecule has 0 aliphatic carbocycles. The van der Waals surface area contributed by atoms with Gasteiger partial charge in [0.25, 0.3) is 0 Å². The summed E-state index contributed by atoms with van der Waals surface area (Å²) < 4.78 is 5.01. The topological polar surface area (TPSA) is 76.6 Å². The first-order chi connectivity index (χ1) is 12.1. The van der Waals surface area contributed by atoms with Crippen molar-refractivity contribution in [2.24, 2.45) is 5.92 Å². The van der Waals surface area contributed by atoms with E-state index < -0.39 is 4.92 Å². The average molecular weight is 340 g/mol. The van der Waals surface area contributed by atoms with Gasteiger partial charge in [-0.05, 0) is 42.9 Å². The highest BCUT2D eigenvalue weighted by atomic mass is 16.6. The highest BCUT2D eigenvalue weighted by Gasteiger charge is 2.21. The van der Waals surface area contributed by atoms with Gasteiger partial charge in [-0.25, -0.2) is 0 Å². The smallest absolute Gasteiger partial charge is 0.401 e. The maximum absolute atomic E-state index is 12.2. The quantitative estimate of drug-likeness (QED) is 0.472. The van der Waals surface area contributed by atoms with Crippen molar-refractivity contribution in [2.75, 3.05) is 13.1 Å². The van der Waals surface area contributed by atoms with Crippen molar-refractivity contribution in [1.29, 1.82) is 0 Å². The SMILES string of the molecule is O=C(/C=C/c1ccc([N+](=O)[O-])o1)N1CCC(Cc2ccccc2)CC1. The molecule has 25 heavy (non-hydrogen) atoms. The molecule has 1 aromatic heterocycles. The van der Waals surface area contributed by atoms with Crippen LogP contribution in [0.25, 0.3) is 6.08 Å². The number of likely N-dealkylation sites (tertiary alicyclic amines) is 1. The van der Waals surface area contributed by atoms with Crippen molar-refractivity contribution in [1.82, 2.24) is 4.90 Å². The molecule has 6 nitrogen and oxygen atoms in total. The summed E-state index contributed by atoms with van der Waals surface area (Å²) in [7, 11) is 0. The summed E-state index contributed by atoms with van der Waals surface area (Å²) in [5, 5.41) is 10.6. The Morgan fingerprint density at radius 2 is 1.92 bits per heavy atom. The fraction of sp³-hybridized carbons (Fsp3) is 0.316. The third kappa shape index (κ3) is 4.56. The number of hydrogen-bond donors (Lipinski definition) is 0. The summed E-state index contributed by atoms with van der Waals surface area (Å²) in [6.07, 6.45) is 5.92. The third-order valence-corrected chi connectivity index (χ3v) is 4.48. The van der Waals surface area contributed by atoms with Crippen LogP contribution in [0.4, 0.5) is 5.88 Å². The first-order valence-electron chi connectivity index (χ1n) is 8.37. The first-order valence-corrected chi connectivity index (χ1v) is 8.37. The Bertz CT molecular complexity index is 759. The van der Waals surface area contributed by atoms with Crippen LogP contribution in [0, 0.1) is 16.0 Å². The van der Waals surface area contributed by atoms with Crippen LogP contribution in [0.1, 0.15) is 24.2 Å². The predicted octanol–water partition coefficient (Wildman–Crippen LogP) is 3.68. The second-order valence-electron chi connectivity index (χ2n) is 6.22. The molecule has 6 heteroatoms. The lowest BCUT2D eigenvalue weighted by atomic mass is 9.90. The van der Waals surface area contributed by atoms with Gasteiger partial charge in [-0.2, -0.15) is 0 Å². The van der Waals surface area contributed by atoms with Crippen molar-refractivity contribution in [3.05, 3.63) is 70.0 Å². The minimum Gasteiger partial charge on any atom is -0.401 e. The summed E-state index contributed by atoms with van der Waals surface area (Å²) in [4.78, 5) is 24.0. The van der Waals surface area contributed by atoms with E-state index in [4.69, 9.17) is 4.42 Å². The fourth-order valence-electron chi connectivity index (χ4n) is 3.09.